The van der Waals surface area contributed by atoms with Crippen molar-refractivity contribution in [1.82, 2.24) is 20.9 Å². The number of hydrogen-bond donors (Lipinski definition) is 3. The van der Waals surface area contributed by atoms with Crippen LogP contribution in [0.1, 0.15) is 19.3 Å². The lowest BCUT2D eigenvalue weighted by atomic mass is 10.2. The van der Waals surface area contributed by atoms with Crippen LogP contribution in [0.3, 0.4) is 0 Å². The first-order valence-electron chi connectivity index (χ1n) is 8.73. The Labute approximate surface area is 132 Å². The van der Waals surface area contributed by atoms with E-state index in [0.717, 1.165) is 43.8 Å². The monoisotopic (exact) mass is 300 g/mol. The molecule has 0 spiro atoms. The van der Waals surface area contributed by atoms with E-state index in [2.05, 4.69) is 42.0 Å². The molecular formula is C16H38N5+. The van der Waals surface area contributed by atoms with Gasteiger partial charge in [-0.25, -0.2) is 0 Å². The second-order valence-corrected chi connectivity index (χ2v) is 7.17. The van der Waals surface area contributed by atoms with Crippen molar-refractivity contribution in [2.75, 3.05) is 86.6 Å². The summed E-state index contributed by atoms with van der Waals surface area (Å²) in [5.74, 6) is 0. The van der Waals surface area contributed by atoms with Crippen LogP contribution < -0.4 is 16.0 Å². The molecule has 1 heterocycles. The van der Waals surface area contributed by atoms with Crippen LogP contribution in [0, 0.1) is 0 Å². The summed E-state index contributed by atoms with van der Waals surface area (Å²) in [7, 11) is 6.84. The summed E-state index contributed by atoms with van der Waals surface area (Å²) < 4.78 is 1.09. The van der Waals surface area contributed by atoms with Crippen LogP contribution >= 0.6 is 0 Å². The fraction of sp³-hybridized carbons (Fsp3) is 1.00. The molecule has 0 aromatic rings. The summed E-state index contributed by atoms with van der Waals surface area (Å²) >= 11 is 0. The van der Waals surface area contributed by atoms with Gasteiger partial charge in [0.2, 0.25) is 0 Å². The van der Waals surface area contributed by atoms with E-state index in [0.29, 0.717) is 0 Å². The standard InChI is InChI=1S/C16H38N5/c1-21(2,3)16-6-4-5-13-20-14-11-18-9-7-17-8-10-19-12-15-20/h17-19H,4-16H2,1-3H3/q+1. The lowest BCUT2D eigenvalue weighted by molar-refractivity contribution is -0.870. The molecule has 0 aliphatic carbocycles. The van der Waals surface area contributed by atoms with Crippen LogP contribution in [-0.2, 0) is 0 Å². The summed E-state index contributed by atoms with van der Waals surface area (Å²) in [6, 6.07) is 0. The number of rotatable bonds is 6. The van der Waals surface area contributed by atoms with Gasteiger partial charge < -0.3 is 25.3 Å². The highest BCUT2D eigenvalue weighted by Gasteiger charge is 2.08. The zero-order valence-corrected chi connectivity index (χ0v) is 14.6. The third-order valence-electron chi connectivity index (χ3n) is 3.97. The van der Waals surface area contributed by atoms with Gasteiger partial charge in [0.05, 0.1) is 27.7 Å². The highest BCUT2D eigenvalue weighted by Crippen LogP contribution is 2.02. The van der Waals surface area contributed by atoms with Crippen molar-refractivity contribution in [3.8, 4) is 0 Å². The molecule has 126 valence electrons. The maximum atomic E-state index is 3.53. The molecule has 0 aromatic heterocycles. The molecule has 5 nitrogen and oxygen atoms in total. The molecule has 5 heteroatoms. The predicted molar refractivity (Wildman–Crippen MR) is 91.8 cm³/mol. The van der Waals surface area contributed by atoms with Crippen LogP contribution in [0.25, 0.3) is 0 Å². The van der Waals surface area contributed by atoms with Crippen LogP contribution in [0.15, 0.2) is 0 Å². The van der Waals surface area contributed by atoms with E-state index in [-0.39, 0.29) is 0 Å². The van der Waals surface area contributed by atoms with Crippen molar-refractivity contribution in [3.05, 3.63) is 0 Å². The highest BCUT2D eigenvalue weighted by molar-refractivity contribution is 4.65. The van der Waals surface area contributed by atoms with Gasteiger partial charge in [0.25, 0.3) is 0 Å². The topological polar surface area (TPSA) is 39.3 Å². The first kappa shape index (κ1) is 18.8. The Morgan fingerprint density at radius 2 is 1.24 bits per heavy atom. The minimum absolute atomic E-state index is 1.08. The number of hydrogen-bond acceptors (Lipinski definition) is 4. The Morgan fingerprint density at radius 3 is 1.76 bits per heavy atom. The van der Waals surface area contributed by atoms with Gasteiger partial charge >= 0.3 is 0 Å². The van der Waals surface area contributed by atoms with E-state index in [1.54, 1.807) is 0 Å². The first-order chi connectivity index (χ1) is 10.1. The van der Waals surface area contributed by atoms with Crippen LogP contribution in [0.4, 0.5) is 0 Å². The van der Waals surface area contributed by atoms with Crippen molar-refractivity contribution in [2.24, 2.45) is 0 Å². The average Bonchev–Trinajstić information content (AvgIpc) is 2.39. The molecule has 0 radical (unpaired) electrons. The molecular weight excluding hydrogens is 262 g/mol. The fourth-order valence-electron chi connectivity index (χ4n) is 2.64. The zero-order valence-electron chi connectivity index (χ0n) is 14.6. The lowest BCUT2D eigenvalue weighted by Gasteiger charge is -2.25. The minimum atomic E-state index is 1.08. The van der Waals surface area contributed by atoms with Crippen molar-refractivity contribution in [1.29, 1.82) is 0 Å². The number of unbranched alkanes of at least 4 members (excludes halogenated alkanes) is 2. The predicted octanol–water partition coefficient (Wildman–Crippen LogP) is -0.0527. The molecule has 0 atom stereocenters. The SMILES string of the molecule is C[N+](C)(C)CCCCCN1CCNCCNCCNCC1. The van der Waals surface area contributed by atoms with Crippen molar-refractivity contribution in [2.45, 2.75) is 19.3 Å². The van der Waals surface area contributed by atoms with Crippen molar-refractivity contribution >= 4 is 0 Å². The van der Waals surface area contributed by atoms with Gasteiger partial charge in [0.15, 0.2) is 0 Å². The summed E-state index contributed by atoms with van der Waals surface area (Å²) in [5.41, 5.74) is 0. The summed E-state index contributed by atoms with van der Waals surface area (Å²) in [6.45, 7) is 11.4. The largest absolute Gasteiger partial charge is 0.331 e. The third-order valence-corrected chi connectivity index (χ3v) is 3.97. The lowest BCUT2D eigenvalue weighted by Crippen LogP contribution is -2.42. The van der Waals surface area contributed by atoms with E-state index in [1.165, 1.54) is 45.4 Å². The van der Waals surface area contributed by atoms with E-state index in [9.17, 15) is 0 Å². The normalized spacial score (nSPS) is 20.7. The molecule has 0 unspecified atom stereocenters. The molecule has 3 N–H and O–H groups in total. The van der Waals surface area contributed by atoms with E-state index >= 15 is 0 Å². The Balaban J connectivity index is 2.13. The quantitative estimate of drug-likeness (QED) is 0.475. The van der Waals surface area contributed by atoms with Gasteiger partial charge in [-0.1, -0.05) is 0 Å². The Hall–Kier alpha value is -0.200. The van der Waals surface area contributed by atoms with Crippen molar-refractivity contribution in [3.63, 3.8) is 0 Å². The van der Waals surface area contributed by atoms with Crippen LogP contribution in [0.2, 0.25) is 0 Å². The first-order valence-corrected chi connectivity index (χ1v) is 8.73. The van der Waals surface area contributed by atoms with Gasteiger partial charge in [0.1, 0.15) is 0 Å². The number of nitrogens with one attached hydrogen (secondary N) is 3. The Kier molecular flexibility index (Phi) is 10.2. The highest BCUT2D eigenvalue weighted by atomic mass is 15.3. The number of nitrogens with zero attached hydrogens (tertiary/aromatic N) is 2. The molecule has 1 rings (SSSR count). The van der Waals surface area contributed by atoms with E-state index in [4.69, 9.17) is 0 Å². The van der Waals surface area contributed by atoms with Crippen LogP contribution in [0.5, 0.6) is 0 Å². The summed E-state index contributed by atoms with van der Waals surface area (Å²) in [5, 5.41) is 10.5. The molecule has 0 bridgehead atoms. The van der Waals surface area contributed by atoms with Crippen LogP contribution in [-0.4, -0.2) is 96.0 Å². The van der Waals surface area contributed by atoms with Gasteiger partial charge in [0, 0.05) is 52.4 Å². The van der Waals surface area contributed by atoms with Gasteiger partial charge in [-0.3, -0.25) is 0 Å². The van der Waals surface area contributed by atoms with Gasteiger partial charge in [-0.2, -0.15) is 0 Å². The minimum Gasteiger partial charge on any atom is -0.331 e. The zero-order chi connectivity index (χ0) is 15.4. The summed E-state index contributed by atoms with van der Waals surface area (Å²) in [4.78, 5) is 2.61. The van der Waals surface area contributed by atoms with E-state index < -0.39 is 0 Å². The van der Waals surface area contributed by atoms with E-state index in [1.807, 2.05) is 0 Å². The summed E-state index contributed by atoms with van der Waals surface area (Å²) in [6.07, 6.45) is 4.04. The average molecular weight is 301 g/mol. The molecule has 1 aliphatic rings. The van der Waals surface area contributed by atoms with Gasteiger partial charge in [-0.05, 0) is 25.8 Å². The molecule has 1 aliphatic heterocycles. The Morgan fingerprint density at radius 1 is 0.714 bits per heavy atom. The van der Waals surface area contributed by atoms with Gasteiger partial charge in [-0.15, -0.1) is 0 Å². The molecule has 1 saturated heterocycles. The molecule has 21 heavy (non-hydrogen) atoms. The van der Waals surface area contributed by atoms with Crippen molar-refractivity contribution < 1.29 is 4.48 Å². The number of quaternary nitrogens is 1. The second kappa shape index (κ2) is 11.4. The molecule has 0 aromatic carbocycles. The third kappa shape index (κ3) is 12.1. The molecule has 1 fully saturated rings. The maximum Gasteiger partial charge on any atom is 0.0780 e. The second-order valence-electron chi connectivity index (χ2n) is 7.17. The smallest absolute Gasteiger partial charge is 0.0780 e. The Bertz CT molecular complexity index is 227. The fourth-order valence-corrected chi connectivity index (χ4v) is 2.64. The molecule has 0 amide bonds. The molecule has 0 saturated carbocycles. The maximum absolute atomic E-state index is 3.53.